The Hall–Kier alpha value is -0.0400. The van der Waals surface area contributed by atoms with Gasteiger partial charge in [0, 0.05) is 26.7 Å². The Morgan fingerprint density at radius 1 is 1.09 bits per heavy atom. The fourth-order valence-electron chi connectivity index (χ4n) is 3.73. The number of hydrogen-bond donors (Lipinski definition) is 2. The van der Waals surface area contributed by atoms with Gasteiger partial charge < -0.3 is 15.5 Å². The molecule has 1 heterocycles. The van der Waals surface area contributed by atoms with Gasteiger partial charge in [0.2, 0.25) is 0 Å². The smallest absolute Gasteiger partial charge is 0.190 e. The lowest BCUT2D eigenvalue weighted by Gasteiger charge is -2.21. The summed E-state index contributed by atoms with van der Waals surface area (Å²) >= 11 is 0. The van der Waals surface area contributed by atoms with E-state index < -0.39 is 0 Å². The third-order valence-corrected chi connectivity index (χ3v) is 5.08. The summed E-state index contributed by atoms with van der Waals surface area (Å²) in [6.45, 7) is 4.55. The zero-order valence-corrected chi connectivity index (χ0v) is 16.8. The molecule has 5 heteroatoms. The van der Waals surface area contributed by atoms with Crippen molar-refractivity contribution in [3.63, 3.8) is 0 Å². The Balaban J connectivity index is 0.00000242. The van der Waals surface area contributed by atoms with Gasteiger partial charge in [-0.15, -0.1) is 24.0 Å². The zero-order valence-electron chi connectivity index (χ0n) is 14.4. The summed E-state index contributed by atoms with van der Waals surface area (Å²) in [6.07, 6.45) is 11.3. The molecule has 1 saturated carbocycles. The van der Waals surface area contributed by atoms with Crippen molar-refractivity contribution in [1.29, 1.82) is 0 Å². The van der Waals surface area contributed by atoms with Crippen molar-refractivity contribution < 1.29 is 0 Å². The van der Waals surface area contributed by atoms with Crippen molar-refractivity contribution in [2.75, 3.05) is 40.3 Å². The number of nitrogens with zero attached hydrogens (tertiary/aromatic N) is 2. The standard InChI is InChI=1S/C17H34N4.HI/c1-18-17(20-13-16-10-12-21(2)14-16)19-11-6-9-15-7-4-3-5-8-15;/h15-16H,3-14H2,1-2H3,(H2,18,19,20);1H. The van der Waals surface area contributed by atoms with Crippen LogP contribution in [0.4, 0.5) is 0 Å². The highest BCUT2D eigenvalue weighted by atomic mass is 127. The van der Waals surface area contributed by atoms with Gasteiger partial charge in [0.1, 0.15) is 0 Å². The van der Waals surface area contributed by atoms with Crippen LogP contribution in [0.3, 0.4) is 0 Å². The maximum Gasteiger partial charge on any atom is 0.190 e. The second-order valence-corrected chi connectivity index (χ2v) is 6.94. The van der Waals surface area contributed by atoms with Gasteiger partial charge in [-0.3, -0.25) is 4.99 Å². The van der Waals surface area contributed by atoms with Crippen molar-refractivity contribution in [3.05, 3.63) is 0 Å². The van der Waals surface area contributed by atoms with Gasteiger partial charge in [0.05, 0.1) is 0 Å². The fourth-order valence-corrected chi connectivity index (χ4v) is 3.73. The number of hydrogen-bond acceptors (Lipinski definition) is 2. The van der Waals surface area contributed by atoms with Crippen LogP contribution in [-0.2, 0) is 0 Å². The van der Waals surface area contributed by atoms with E-state index >= 15 is 0 Å². The summed E-state index contributed by atoms with van der Waals surface area (Å²) in [5.74, 6) is 2.74. The average molecular weight is 422 g/mol. The molecular formula is C17H35IN4. The lowest BCUT2D eigenvalue weighted by Crippen LogP contribution is -2.40. The molecule has 0 bridgehead atoms. The molecule has 0 amide bonds. The second kappa shape index (κ2) is 11.5. The lowest BCUT2D eigenvalue weighted by atomic mass is 9.86. The van der Waals surface area contributed by atoms with Crippen LogP contribution in [0.5, 0.6) is 0 Å². The van der Waals surface area contributed by atoms with E-state index in [4.69, 9.17) is 0 Å². The van der Waals surface area contributed by atoms with Crippen LogP contribution < -0.4 is 10.6 Å². The first kappa shape index (κ1) is 20.0. The summed E-state index contributed by atoms with van der Waals surface area (Å²) in [5, 5.41) is 6.95. The molecule has 1 atom stereocenters. The van der Waals surface area contributed by atoms with Gasteiger partial charge in [0.25, 0.3) is 0 Å². The monoisotopic (exact) mass is 422 g/mol. The third kappa shape index (κ3) is 7.49. The van der Waals surface area contributed by atoms with E-state index in [-0.39, 0.29) is 24.0 Å². The number of likely N-dealkylation sites (tertiary alicyclic amines) is 1. The van der Waals surface area contributed by atoms with Crippen LogP contribution in [0, 0.1) is 11.8 Å². The van der Waals surface area contributed by atoms with Gasteiger partial charge in [-0.1, -0.05) is 32.1 Å². The van der Waals surface area contributed by atoms with Gasteiger partial charge in [-0.25, -0.2) is 0 Å². The predicted octanol–water partition coefficient (Wildman–Crippen LogP) is 3.08. The van der Waals surface area contributed by atoms with Crippen molar-refractivity contribution in [2.24, 2.45) is 16.8 Å². The van der Waals surface area contributed by atoms with E-state index in [1.165, 1.54) is 64.5 Å². The lowest BCUT2D eigenvalue weighted by molar-refractivity contribution is 0.332. The third-order valence-electron chi connectivity index (χ3n) is 5.08. The van der Waals surface area contributed by atoms with Crippen LogP contribution in [-0.4, -0.2) is 51.1 Å². The van der Waals surface area contributed by atoms with E-state index in [9.17, 15) is 0 Å². The molecule has 1 saturated heterocycles. The SMILES string of the molecule is CN=C(NCCCC1CCCCC1)NCC1CCN(C)C1.I. The first-order valence-electron chi connectivity index (χ1n) is 8.91. The Morgan fingerprint density at radius 2 is 1.86 bits per heavy atom. The Bertz CT molecular complexity index is 316. The largest absolute Gasteiger partial charge is 0.356 e. The van der Waals surface area contributed by atoms with Gasteiger partial charge in [-0.05, 0) is 44.7 Å². The quantitative estimate of drug-likeness (QED) is 0.299. The molecule has 4 nitrogen and oxygen atoms in total. The molecule has 1 aliphatic heterocycles. The molecule has 1 unspecified atom stereocenters. The highest BCUT2D eigenvalue weighted by Crippen LogP contribution is 2.26. The molecular weight excluding hydrogens is 387 g/mol. The van der Waals surface area contributed by atoms with Gasteiger partial charge in [0.15, 0.2) is 5.96 Å². The normalized spacial score (nSPS) is 24.1. The topological polar surface area (TPSA) is 39.7 Å². The minimum absolute atomic E-state index is 0. The van der Waals surface area contributed by atoms with Crippen molar-refractivity contribution in [2.45, 2.75) is 51.4 Å². The average Bonchev–Trinajstić information content (AvgIpc) is 2.93. The van der Waals surface area contributed by atoms with E-state index in [1.807, 2.05) is 7.05 Å². The number of halogens is 1. The summed E-state index contributed by atoms with van der Waals surface area (Å²) in [6, 6.07) is 0. The first-order chi connectivity index (χ1) is 10.3. The zero-order chi connectivity index (χ0) is 14.9. The van der Waals surface area contributed by atoms with E-state index in [0.717, 1.165) is 30.9 Å². The highest BCUT2D eigenvalue weighted by Gasteiger charge is 2.19. The Labute approximate surface area is 153 Å². The van der Waals surface area contributed by atoms with Crippen LogP contribution in [0.2, 0.25) is 0 Å². The molecule has 1 aliphatic carbocycles. The van der Waals surface area contributed by atoms with Crippen LogP contribution in [0.25, 0.3) is 0 Å². The molecule has 2 aliphatic rings. The van der Waals surface area contributed by atoms with E-state index in [1.54, 1.807) is 0 Å². The molecule has 2 rings (SSSR count). The summed E-state index contributed by atoms with van der Waals surface area (Å²) < 4.78 is 0. The summed E-state index contributed by atoms with van der Waals surface area (Å²) in [4.78, 5) is 6.74. The van der Waals surface area contributed by atoms with Crippen LogP contribution in [0.15, 0.2) is 4.99 Å². The van der Waals surface area contributed by atoms with E-state index in [0.29, 0.717) is 0 Å². The predicted molar refractivity (Wildman–Crippen MR) is 106 cm³/mol. The fraction of sp³-hybridized carbons (Fsp3) is 0.941. The minimum Gasteiger partial charge on any atom is -0.356 e. The summed E-state index contributed by atoms with van der Waals surface area (Å²) in [5.41, 5.74) is 0. The maximum atomic E-state index is 4.33. The summed E-state index contributed by atoms with van der Waals surface area (Å²) in [7, 11) is 4.08. The minimum atomic E-state index is 0. The molecule has 0 spiro atoms. The molecule has 0 aromatic carbocycles. The van der Waals surface area contributed by atoms with Crippen LogP contribution in [0.1, 0.15) is 51.4 Å². The number of nitrogens with one attached hydrogen (secondary N) is 2. The number of guanidine groups is 1. The molecule has 22 heavy (non-hydrogen) atoms. The van der Waals surface area contributed by atoms with Crippen molar-refractivity contribution in [3.8, 4) is 0 Å². The first-order valence-corrected chi connectivity index (χ1v) is 8.91. The van der Waals surface area contributed by atoms with Crippen LogP contribution >= 0.6 is 24.0 Å². The maximum absolute atomic E-state index is 4.33. The van der Waals surface area contributed by atoms with Crippen molar-refractivity contribution in [1.82, 2.24) is 15.5 Å². The molecule has 2 N–H and O–H groups in total. The molecule has 0 radical (unpaired) electrons. The Kier molecular flexibility index (Phi) is 10.4. The molecule has 2 fully saturated rings. The molecule has 130 valence electrons. The molecule has 0 aromatic rings. The molecule has 0 aromatic heterocycles. The Morgan fingerprint density at radius 3 is 2.50 bits per heavy atom. The van der Waals surface area contributed by atoms with Crippen molar-refractivity contribution >= 4 is 29.9 Å². The van der Waals surface area contributed by atoms with Gasteiger partial charge >= 0.3 is 0 Å². The van der Waals surface area contributed by atoms with E-state index in [2.05, 4.69) is 27.6 Å². The second-order valence-electron chi connectivity index (χ2n) is 6.94. The van der Waals surface area contributed by atoms with Gasteiger partial charge in [-0.2, -0.15) is 0 Å². The number of aliphatic imine (C=N–C) groups is 1. The highest BCUT2D eigenvalue weighted by molar-refractivity contribution is 14.0. The number of rotatable bonds is 6.